The first-order valence-electron chi connectivity index (χ1n) is 11.9. The molecule has 1 N–H and O–H groups in total. The van der Waals surface area contributed by atoms with Gasteiger partial charge in [-0.2, -0.15) is 8.61 Å². The molecule has 0 atom stereocenters. The van der Waals surface area contributed by atoms with E-state index in [9.17, 15) is 21.6 Å². The molecule has 0 unspecified atom stereocenters. The van der Waals surface area contributed by atoms with Crippen LogP contribution in [-0.2, 0) is 31.3 Å². The van der Waals surface area contributed by atoms with Gasteiger partial charge in [0.15, 0.2) is 0 Å². The van der Waals surface area contributed by atoms with E-state index in [2.05, 4.69) is 5.32 Å². The lowest BCUT2D eigenvalue weighted by Crippen LogP contribution is -2.41. The highest BCUT2D eigenvalue weighted by Crippen LogP contribution is 2.28. The Kier molecular flexibility index (Phi) is 9.76. The van der Waals surface area contributed by atoms with Crippen LogP contribution < -0.4 is 10.1 Å². The van der Waals surface area contributed by atoms with Gasteiger partial charge in [-0.15, -0.1) is 0 Å². The Morgan fingerprint density at radius 1 is 1.03 bits per heavy atom. The van der Waals surface area contributed by atoms with Crippen LogP contribution in [0.4, 0.5) is 0 Å². The van der Waals surface area contributed by atoms with E-state index in [4.69, 9.17) is 16.3 Å². The highest BCUT2D eigenvalue weighted by Gasteiger charge is 2.27. The zero-order chi connectivity index (χ0) is 26.3. The summed E-state index contributed by atoms with van der Waals surface area (Å²) in [6.07, 6.45) is 2.23. The number of carbonyl (C=O) groups excluding carboxylic acids is 1. The summed E-state index contributed by atoms with van der Waals surface area (Å²) in [7, 11) is -7.40. The Balaban J connectivity index is 1.55. The van der Waals surface area contributed by atoms with Crippen LogP contribution in [0.5, 0.6) is 5.75 Å². The second-order valence-electron chi connectivity index (χ2n) is 8.31. The van der Waals surface area contributed by atoms with Crippen LogP contribution in [0.15, 0.2) is 52.3 Å². The normalized spacial score (nSPS) is 14.8. The molecule has 1 heterocycles. The second kappa shape index (κ2) is 12.4. The number of halogens is 1. The summed E-state index contributed by atoms with van der Waals surface area (Å²) in [5.74, 6) is -0.0497. The molecule has 2 aromatic rings. The lowest BCUT2D eigenvalue weighted by Gasteiger charge is -2.20. The van der Waals surface area contributed by atoms with E-state index in [1.807, 2.05) is 0 Å². The summed E-state index contributed by atoms with van der Waals surface area (Å²) in [6.45, 7) is 4.99. The van der Waals surface area contributed by atoms with Gasteiger partial charge in [0.1, 0.15) is 5.75 Å². The molecule has 12 heteroatoms. The minimum absolute atomic E-state index is 0.0189. The molecule has 0 bridgehead atoms. The number of amides is 1. The van der Waals surface area contributed by atoms with Crippen molar-refractivity contribution in [2.75, 3.05) is 39.3 Å². The molecule has 36 heavy (non-hydrogen) atoms. The summed E-state index contributed by atoms with van der Waals surface area (Å²) >= 11 is 6.14. The molecule has 0 saturated carbocycles. The van der Waals surface area contributed by atoms with Crippen LogP contribution >= 0.6 is 11.6 Å². The Bertz CT molecular complexity index is 1260. The first kappa shape index (κ1) is 28.4. The number of hydrogen-bond acceptors (Lipinski definition) is 6. The number of carbonyl (C=O) groups is 1. The predicted molar refractivity (Wildman–Crippen MR) is 138 cm³/mol. The molecular formula is C24H32ClN3O6S2. The van der Waals surface area contributed by atoms with Crippen molar-refractivity contribution < 1.29 is 26.4 Å². The van der Waals surface area contributed by atoms with Crippen molar-refractivity contribution in [1.29, 1.82) is 0 Å². The monoisotopic (exact) mass is 557 g/mol. The van der Waals surface area contributed by atoms with E-state index in [0.29, 0.717) is 31.9 Å². The number of sulfonamides is 2. The van der Waals surface area contributed by atoms with Crippen molar-refractivity contribution in [3.8, 4) is 5.75 Å². The van der Waals surface area contributed by atoms with Gasteiger partial charge in [-0.3, -0.25) is 4.79 Å². The molecule has 0 aromatic heterocycles. The van der Waals surface area contributed by atoms with Crippen LogP contribution in [0.3, 0.4) is 0 Å². The third kappa shape index (κ3) is 6.77. The minimum atomic E-state index is -3.93. The van der Waals surface area contributed by atoms with Crippen molar-refractivity contribution in [2.45, 2.75) is 42.9 Å². The topological polar surface area (TPSA) is 113 Å². The molecule has 1 amide bonds. The maximum Gasteiger partial charge on any atom is 0.243 e. The van der Waals surface area contributed by atoms with Gasteiger partial charge in [0, 0.05) is 26.2 Å². The number of nitrogens with one attached hydrogen (secondary N) is 1. The van der Waals surface area contributed by atoms with Crippen LogP contribution in [0.1, 0.15) is 32.3 Å². The predicted octanol–water partition coefficient (Wildman–Crippen LogP) is 2.89. The standard InChI is InChI=1S/C24H32ClN3O6S2/c1-3-27(36(32,33)21-11-12-23(34-4-2)22(25)17-21)18-24(29)26-14-13-19-7-9-20(10-8-19)35(30,31)28-15-5-6-16-28/h7-12,17H,3-6,13-16,18H2,1-2H3,(H,26,29). The Morgan fingerprint density at radius 2 is 1.67 bits per heavy atom. The fourth-order valence-electron chi connectivity index (χ4n) is 3.90. The first-order valence-corrected chi connectivity index (χ1v) is 15.1. The number of hydrogen-bond donors (Lipinski definition) is 1. The quantitative estimate of drug-likeness (QED) is 0.429. The summed E-state index contributed by atoms with van der Waals surface area (Å²) < 4.78 is 59.2. The van der Waals surface area contributed by atoms with Gasteiger partial charge >= 0.3 is 0 Å². The number of likely N-dealkylation sites (N-methyl/N-ethyl adjacent to an activating group) is 1. The Morgan fingerprint density at radius 3 is 2.25 bits per heavy atom. The lowest BCUT2D eigenvalue weighted by molar-refractivity contribution is -0.121. The van der Waals surface area contributed by atoms with E-state index in [0.717, 1.165) is 22.7 Å². The lowest BCUT2D eigenvalue weighted by atomic mass is 10.1. The zero-order valence-electron chi connectivity index (χ0n) is 20.4. The Hall–Kier alpha value is -2.18. The fraction of sp³-hybridized carbons (Fsp3) is 0.458. The summed E-state index contributed by atoms with van der Waals surface area (Å²) in [6, 6.07) is 10.8. The second-order valence-corrected chi connectivity index (χ2v) is 12.6. The summed E-state index contributed by atoms with van der Waals surface area (Å²) in [5.41, 5.74) is 0.861. The van der Waals surface area contributed by atoms with E-state index in [-0.39, 0.29) is 34.4 Å². The molecule has 9 nitrogen and oxygen atoms in total. The number of rotatable bonds is 12. The maximum absolute atomic E-state index is 13.0. The van der Waals surface area contributed by atoms with Gasteiger partial charge in [-0.05, 0) is 62.1 Å². The van der Waals surface area contributed by atoms with Crippen LogP contribution in [-0.4, -0.2) is 70.7 Å². The molecule has 198 valence electrons. The van der Waals surface area contributed by atoms with E-state index >= 15 is 0 Å². The molecule has 0 aliphatic carbocycles. The van der Waals surface area contributed by atoms with Crippen molar-refractivity contribution in [1.82, 2.24) is 13.9 Å². The largest absolute Gasteiger partial charge is 0.492 e. The highest BCUT2D eigenvalue weighted by atomic mass is 35.5. The summed E-state index contributed by atoms with van der Waals surface area (Å²) in [5, 5.41) is 2.91. The number of nitrogens with zero attached hydrogens (tertiary/aromatic N) is 2. The van der Waals surface area contributed by atoms with Gasteiger partial charge in [0.05, 0.1) is 28.0 Å². The van der Waals surface area contributed by atoms with E-state index < -0.39 is 26.0 Å². The van der Waals surface area contributed by atoms with E-state index in [1.165, 1.54) is 22.5 Å². The molecule has 1 aliphatic heterocycles. The Labute approximate surface area is 218 Å². The third-order valence-corrected chi connectivity index (χ3v) is 10.0. The first-order chi connectivity index (χ1) is 17.1. The number of ether oxygens (including phenoxy) is 1. The average Bonchev–Trinajstić information content (AvgIpc) is 3.40. The average molecular weight is 558 g/mol. The third-order valence-electron chi connectivity index (χ3n) is 5.88. The molecule has 1 aliphatic rings. The SMILES string of the molecule is CCOc1ccc(S(=O)(=O)N(CC)CC(=O)NCCc2ccc(S(=O)(=O)N3CCCC3)cc2)cc1Cl. The highest BCUT2D eigenvalue weighted by molar-refractivity contribution is 7.89. The zero-order valence-corrected chi connectivity index (χ0v) is 22.8. The van der Waals surface area contributed by atoms with Crippen molar-refractivity contribution >= 4 is 37.6 Å². The molecule has 3 rings (SSSR count). The minimum Gasteiger partial charge on any atom is -0.492 e. The fourth-order valence-corrected chi connectivity index (χ4v) is 7.15. The van der Waals surface area contributed by atoms with Crippen LogP contribution in [0.2, 0.25) is 5.02 Å². The van der Waals surface area contributed by atoms with Gasteiger partial charge in [-0.1, -0.05) is 30.7 Å². The van der Waals surface area contributed by atoms with Crippen molar-refractivity contribution in [2.24, 2.45) is 0 Å². The van der Waals surface area contributed by atoms with Gasteiger partial charge in [0.25, 0.3) is 0 Å². The van der Waals surface area contributed by atoms with Crippen LogP contribution in [0.25, 0.3) is 0 Å². The van der Waals surface area contributed by atoms with Crippen molar-refractivity contribution in [3.05, 3.63) is 53.1 Å². The molecule has 0 spiro atoms. The molecule has 1 saturated heterocycles. The maximum atomic E-state index is 13.0. The molecular weight excluding hydrogens is 526 g/mol. The van der Waals surface area contributed by atoms with Crippen molar-refractivity contribution in [3.63, 3.8) is 0 Å². The van der Waals surface area contributed by atoms with Gasteiger partial charge < -0.3 is 10.1 Å². The van der Waals surface area contributed by atoms with Crippen LogP contribution in [0, 0.1) is 0 Å². The van der Waals surface area contributed by atoms with Gasteiger partial charge in [0.2, 0.25) is 26.0 Å². The van der Waals surface area contributed by atoms with E-state index in [1.54, 1.807) is 38.1 Å². The van der Waals surface area contributed by atoms with Gasteiger partial charge in [-0.25, -0.2) is 16.8 Å². The smallest absolute Gasteiger partial charge is 0.243 e. The summed E-state index contributed by atoms with van der Waals surface area (Å²) in [4.78, 5) is 12.7. The number of benzene rings is 2. The molecule has 1 fully saturated rings. The molecule has 2 aromatic carbocycles. The molecule has 0 radical (unpaired) electrons.